The number of carbonyl (C=O) groups excluding carboxylic acids is 2. The van der Waals surface area contributed by atoms with Crippen LogP contribution in [0.25, 0.3) is 6.08 Å². The third kappa shape index (κ3) is 4.94. The Balaban J connectivity index is 2.09. The molecule has 1 amide bonds. The fraction of sp³-hybridized carbons (Fsp3) is 0.200. The summed E-state index contributed by atoms with van der Waals surface area (Å²) in [5.41, 5.74) is 2.35. The van der Waals surface area contributed by atoms with Crippen LogP contribution in [0.4, 0.5) is 0 Å². The van der Waals surface area contributed by atoms with E-state index in [1.165, 1.54) is 11.0 Å². The van der Waals surface area contributed by atoms with Gasteiger partial charge in [-0.3, -0.25) is 9.59 Å². The molecule has 1 unspecified atom stereocenters. The van der Waals surface area contributed by atoms with Crippen LogP contribution in [0.5, 0.6) is 0 Å². The average molecular weight is 376 g/mol. The maximum absolute atomic E-state index is 12.5. The van der Waals surface area contributed by atoms with E-state index in [1.807, 2.05) is 19.1 Å². The number of halogens is 2. The monoisotopic (exact) mass is 375 g/mol. The number of hydrogen-bond donors (Lipinski definition) is 0. The summed E-state index contributed by atoms with van der Waals surface area (Å²) in [6, 6.07) is 11.8. The van der Waals surface area contributed by atoms with Gasteiger partial charge in [0.15, 0.2) is 5.78 Å². The molecule has 0 aromatic heterocycles. The first kappa shape index (κ1) is 19.2. The smallest absolute Gasteiger partial charge is 0.246 e. The molecule has 0 radical (unpaired) electrons. The molecule has 2 aromatic rings. The molecule has 0 heterocycles. The third-order valence-corrected chi connectivity index (χ3v) is 4.57. The SMILES string of the molecule is Cc1ccc(C(=O)C(C)N(C)C(=O)/C=C/c2ccc(Cl)cc2Cl)cc1. The van der Waals surface area contributed by atoms with E-state index >= 15 is 0 Å². The summed E-state index contributed by atoms with van der Waals surface area (Å²) in [7, 11) is 1.60. The molecule has 1 atom stereocenters. The van der Waals surface area contributed by atoms with E-state index < -0.39 is 6.04 Å². The van der Waals surface area contributed by atoms with Crippen LogP contribution in [-0.4, -0.2) is 29.7 Å². The lowest BCUT2D eigenvalue weighted by molar-refractivity contribution is -0.125. The first-order valence-corrected chi connectivity index (χ1v) is 8.56. The van der Waals surface area contributed by atoms with E-state index in [-0.39, 0.29) is 11.7 Å². The summed E-state index contributed by atoms with van der Waals surface area (Å²) >= 11 is 11.9. The van der Waals surface area contributed by atoms with Gasteiger partial charge in [0, 0.05) is 28.7 Å². The van der Waals surface area contributed by atoms with Crippen LogP contribution in [0.3, 0.4) is 0 Å². The Hall–Kier alpha value is -2.10. The van der Waals surface area contributed by atoms with Gasteiger partial charge in [0.05, 0.1) is 6.04 Å². The highest BCUT2D eigenvalue weighted by molar-refractivity contribution is 6.35. The highest BCUT2D eigenvalue weighted by Gasteiger charge is 2.22. The topological polar surface area (TPSA) is 37.4 Å². The summed E-state index contributed by atoms with van der Waals surface area (Å²) in [6.45, 7) is 3.67. The van der Waals surface area contributed by atoms with Crippen LogP contribution in [0.15, 0.2) is 48.5 Å². The number of nitrogens with zero attached hydrogens (tertiary/aromatic N) is 1. The largest absolute Gasteiger partial charge is 0.332 e. The van der Waals surface area contributed by atoms with E-state index in [0.29, 0.717) is 21.2 Å². The molecule has 0 saturated carbocycles. The number of Topliss-reactive ketones (excluding diaryl/α,β-unsaturated/α-hetero) is 1. The Labute approximate surface area is 157 Å². The van der Waals surface area contributed by atoms with Crippen LogP contribution in [0, 0.1) is 6.92 Å². The zero-order chi connectivity index (χ0) is 18.6. The molecule has 5 heteroatoms. The van der Waals surface area contributed by atoms with Gasteiger partial charge in [-0.25, -0.2) is 0 Å². The van der Waals surface area contributed by atoms with Crippen LogP contribution in [0.1, 0.15) is 28.4 Å². The van der Waals surface area contributed by atoms with E-state index in [4.69, 9.17) is 23.2 Å². The minimum absolute atomic E-state index is 0.103. The van der Waals surface area contributed by atoms with E-state index in [0.717, 1.165) is 5.56 Å². The minimum Gasteiger partial charge on any atom is -0.332 e. The Bertz CT molecular complexity index is 813. The Morgan fingerprint density at radius 1 is 1.08 bits per heavy atom. The second-order valence-electron chi connectivity index (χ2n) is 5.85. The van der Waals surface area contributed by atoms with Gasteiger partial charge in [0.2, 0.25) is 5.91 Å². The van der Waals surface area contributed by atoms with E-state index in [1.54, 1.807) is 50.4 Å². The molecular weight excluding hydrogens is 357 g/mol. The van der Waals surface area contributed by atoms with Gasteiger partial charge >= 0.3 is 0 Å². The van der Waals surface area contributed by atoms with Gasteiger partial charge < -0.3 is 4.90 Å². The molecule has 0 aliphatic heterocycles. The highest BCUT2D eigenvalue weighted by Crippen LogP contribution is 2.22. The van der Waals surface area contributed by atoms with Crippen LogP contribution < -0.4 is 0 Å². The molecule has 0 aliphatic rings. The van der Waals surface area contributed by atoms with Gasteiger partial charge in [-0.05, 0) is 37.6 Å². The molecule has 0 saturated heterocycles. The van der Waals surface area contributed by atoms with Crippen molar-refractivity contribution in [2.24, 2.45) is 0 Å². The molecule has 0 spiro atoms. The number of hydrogen-bond acceptors (Lipinski definition) is 2. The Morgan fingerprint density at radius 2 is 1.72 bits per heavy atom. The van der Waals surface area contributed by atoms with Gasteiger partial charge in [-0.1, -0.05) is 59.1 Å². The van der Waals surface area contributed by atoms with Crippen LogP contribution >= 0.6 is 23.2 Å². The fourth-order valence-corrected chi connectivity index (χ4v) is 2.71. The van der Waals surface area contributed by atoms with Crippen molar-refractivity contribution >= 4 is 41.0 Å². The standard InChI is InChI=1S/C20H19Cl2NO2/c1-13-4-6-16(7-5-13)20(25)14(2)23(3)19(24)11-9-15-8-10-17(21)12-18(15)22/h4-12,14H,1-3H3/b11-9+. The number of aryl methyl sites for hydroxylation is 1. The zero-order valence-electron chi connectivity index (χ0n) is 14.3. The van der Waals surface area contributed by atoms with E-state index in [9.17, 15) is 9.59 Å². The molecule has 130 valence electrons. The number of amides is 1. The Kier molecular flexibility index (Phi) is 6.40. The predicted octanol–water partition coefficient (Wildman–Crippen LogP) is 5.04. The van der Waals surface area contributed by atoms with Crippen molar-refractivity contribution in [3.63, 3.8) is 0 Å². The number of rotatable bonds is 5. The zero-order valence-corrected chi connectivity index (χ0v) is 15.8. The molecule has 0 N–H and O–H groups in total. The van der Waals surface area contributed by atoms with Gasteiger partial charge in [0.1, 0.15) is 0 Å². The molecular formula is C20H19Cl2NO2. The molecule has 0 fully saturated rings. The second kappa shape index (κ2) is 8.32. The highest BCUT2D eigenvalue weighted by atomic mass is 35.5. The number of carbonyl (C=O) groups is 2. The maximum Gasteiger partial charge on any atom is 0.246 e. The fourth-order valence-electron chi connectivity index (χ4n) is 2.24. The predicted molar refractivity (Wildman–Crippen MR) is 103 cm³/mol. The summed E-state index contributed by atoms with van der Waals surface area (Å²) in [5.74, 6) is -0.382. The lowest BCUT2D eigenvalue weighted by Crippen LogP contribution is -2.39. The van der Waals surface area contributed by atoms with Crippen molar-refractivity contribution < 1.29 is 9.59 Å². The van der Waals surface area contributed by atoms with Crippen molar-refractivity contribution in [1.29, 1.82) is 0 Å². The molecule has 2 rings (SSSR count). The van der Waals surface area contributed by atoms with Crippen molar-refractivity contribution in [3.05, 3.63) is 75.3 Å². The average Bonchev–Trinajstić information content (AvgIpc) is 2.59. The first-order chi connectivity index (χ1) is 11.8. The number of ketones is 1. The van der Waals surface area contributed by atoms with Gasteiger partial charge in [-0.15, -0.1) is 0 Å². The lowest BCUT2D eigenvalue weighted by Gasteiger charge is -2.22. The van der Waals surface area contributed by atoms with Crippen molar-refractivity contribution in [2.75, 3.05) is 7.05 Å². The molecule has 2 aromatic carbocycles. The van der Waals surface area contributed by atoms with Gasteiger partial charge in [0.25, 0.3) is 0 Å². The minimum atomic E-state index is -0.569. The molecule has 0 bridgehead atoms. The van der Waals surface area contributed by atoms with Crippen LogP contribution in [-0.2, 0) is 4.79 Å². The van der Waals surface area contributed by atoms with Crippen molar-refractivity contribution in [3.8, 4) is 0 Å². The van der Waals surface area contributed by atoms with Crippen molar-refractivity contribution in [2.45, 2.75) is 19.9 Å². The molecule has 3 nitrogen and oxygen atoms in total. The number of benzene rings is 2. The summed E-state index contributed by atoms with van der Waals surface area (Å²) < 4.78 is 0. The maximum atomic E-state index is 12.5. The van der Waals surface area contributed by atoms with Gasteiger partial charge in [-0.2, -0.15) is 0 Å². The summed E-state index contributed by atoms with van der Waals surface area (Å²) in [6.07, 6.45) is 3.01. The molecule has 0 aliphatic carbocycles. The first-order valence-electron chi connectivity index (χ1n) is 7.80. The number of likely N-dealkylation sites (N-methyl/N-ethyl adjacent to an activating group) is 1. The van der Waals surface area contributed by atoms with Crippen molar-refractivity contribution in [1.82, 2.24) is 4.90 Å². The summed E-state index contributed by atoms with van der Waals surface area (Å²) in [5, 5.41) is 0.992. The second-order valence-corrected chi connectivity index (χ2v) is 6.70. The quantitative estimate of drug-likeness (QED) is 0.541. The normalized spacial score (nSPS) is 12.2. The Morgan fingerprint density at radius 3 is 2.32 bits per heavy atom. The molecule has 25 heavy (non-hydrogen) atoms. The third-order valence-electron chi connectivity index (χ3n) is 4.01. The van der Waals surface area contributed by atoms with Crippen LogP contribution in [0.2, 0.25) is 10.0 Å². The summed E-state index contributed by atoms with van der Waals surface area (Å²) in [4.78, 5) is 26.3. The van der Waals surface area contributed by atoms with E-state index in [2.05, 4.69) is 0 Å². The lowest BCUT2D eigenvalue weighted by atomic mass is 10.0.